The normalized spacial score (nSPS) is 16.1. The van der Waals surface area contributed by atoms with Crippen molar-refractivity contribution < 1.29 is 182 Å². The first-order chi connectivity index (χ1) is 39.0. The number of likely N-dealkylation sites (N-methyl/N-ethyl adjacent to an activating group) is 1. The minimum Gasteiger partial charge on any atom is -0.379 e. The van der Waals surface area contributed by atoms with E-state index >= 15 is 0 Å². The fourth-order valence-corrected chi connectivity index (χ4v) is 8.34. The van der Waals surface area contributed by atoms with Gasteiger partial charge in [0.25, 0.3) is 0 Å². The van der Waals surface area contributed by atoms with E-state index < -0.39 is 148 Å². The van der Waals surface area contributed by atoms with E-state index in [1.54, 1.807) is 21.1 Å². The van der Waals surface area contributed by atoms with Crippen molar-refractivity contribution in [1.29, 1.82) is 0 Å². The van der Waals surface area contributed by atoms with E-state index in [0.29, 0.717) is 68.7 Å². The smallest absolute Gasteiger partial charge is 0.379 e. The van der Waals surface area contributed by atoms with Gasteiger partial charge in [-0.2, -0.15) is 149 Å². The summed E-state index contributed by atoms with van der Waals surface area (Å²) >= 11 is 0. The summed E-state index contributed by atoms with van der Waals surface area (Å²) in [7, 11) is 0.492. The summed E-state index contributed by atoms with van der Waals surface area (Å²) in [5.41, 5.74) is 0. The maximum absolute atomic E-state index is 14.2. The first-order valence-corrected chi connectivity index (χ1v) is 27.5. The van der Waals surface area contributed by atoms with E-state index in [1.165, 1.54) is 0 Å². The molecule has 0 aliphatic rings. The van der Waals surface area contributed by atoms with E-state index in [1.807, 2.05) is 0 Å². The van der Waals surface area contributed by atoms with E-state index in [0.717, 1.165) is 0 Å². The molecule has 0 aromatic carbocycles. The molecule has 1 N–H and O–H groups in total. The van der Waals surface area contributed by atoms with E-state index in [9.17, 15) is 159 Å². The van der Waals surface area contributed by atoms with Gasteiger partial charge in [0.1, 0.15) is 19.3 Å². The van der Waals surface area contributed by atoms with Gasteiger partial charge in [-0.05, 0) is 25.7 Å². The Hall–Kier alpha value is -2.39. The molecular weight excluding hydrogens is 1340 g/mol. The lowest BCUT2D eigenvalue weighted by Gasteiger charge is -2.42. The van der Waals surface area contributed by atoms with Crippen LogP contribution in [0.25, 0.3) is 0 Å². The van der Waals surface area contributed by atoms with Crippen LogP contribution in [0.5, 0.6) is 0 Å². The third-order valence-electron chi connectivity index (χ3n) is 13.0. The number of hydrogen-bond acceptors (Lipinski definition) is 5. The molecule has 0 amide bonds. The van der Waals surface area contributed by atoms with Gasteiger partial charge in [-0.25, -0.2) is 4.57 Å². The molecule has 0 fully saturated rings. The minimum absolute atomic E-state index is 0.00693. The fraction of sp³-hybridized carbons (Fsp3) is 1.00. The van der Waals surface area contributed by atoms with Crippen LogP contribution in [0.3, 0.4) is 0 Å². The van der Waals surface area contributed by atoms with Crippen LogP contribution in [0.4, 0.5) is 149 Å². The molecule has 0 aromatic rings. The molecule has 0 bridgehead atoms. The van der Waals surface area contributed by atoms with Gasteiger partial charge in [-0.15, -0.1) is 0 Å². The van der Waals surface area contributed by atoms with Crippen molar-refractivity contribution in [2.24, 2.45) is 0 Å². The zero-order chi connectivity index (χ0) is 69.8. The molecule has 0 aliphatic carbocycles. The number of halogens is 34. The van der Waals surface area contributed by atoms with E-state index in [4.69, 9.17) is 18.5 Å². The number of phosphoric ester groups is 1. The van der Waals surface area contributed by atoms with Crippen molar-refractivity contribution in [1.82, 2.24) is 0 Å². The first-order valence-electron chi connectivity index (χ1n) is 26.0. The lowest BCUT2D eigenvalue weighted by molar-refractivity contribution is -0.870. The zero-order valence-electron chi connectivity index (χ0n) is 46.2. The van der Waals surface area contributed by atoms with Gasteiger partial charge in [0, 0.05) is 26.1 Å². The highest BCUT2D eigenvalue weighted by Gasteiger charge is 2.97. The largest absolute Gasteiger partial charge is 0.472 e. The Kier molecular flexibility index (Phi) is 29.9. The van der Waals surface area contributed by atoms with Crippen LogP contribution in [0.1, 0.15) is 128 Å². The van der Waals surface area contributed by atoms with Crippen molar-refractivity contribution in [3.05, 3.63) is 0 Å². The highest BCUT2D eigenvalue weighted by molar-refractivity contribution is 7.47. The minimum atomic E-state index is -8.70. The molecule has 0 aromatic heterocycles. The van der Waals surface area contributed by atoms with Crippen LogP contribution in [0, 0.1) is 0 Å². The average molecular weight is 1400 g/mol. The van der Waals surface area contributed by atoms with Gasteiger partial charge in [-0.1, -0.05) is 89.9 Å². The quantitative estimate of drug-likeness (QED) is 0.0283. The molecule has 530 valence electrons. The summed E-state index contributed by atoms with van der Waals surface area (Å²) in [4.78, 5) is 10.3. The molecular formula is C46H63F34NO6P+. The predicted octanol–water partition coefficient (Wildman–Crippen LogP) is 19.0. The van der Waals surface area contributed by atoms with Gasteiger partial charge in [0.05, 0.1) is 34.4 Å². The second kappa shape index (κ2) is 30.8. The Morgan fingerprint density at radius 1 is 0.318 bits per heavy atom. The van der Waals surface area contributed by atoms with Crippen molar-refractivity contribution in [3.63, 3.8) is 0 Å². The molecule has 0 heterocycles. The summed E-state index contributed by atoms with van der Waals surface area (Å²) in [6.07, 6.45) is -21.7. The van der Waals surface area contributed by atoms with Crippen LogP contribution in [-0.4, -0.2) is 171 Å². The second-order valence-corrected chi connectivity index (χ2v) is 22.8. The molecule has 0 saturated heterocycles. The highest BCUT2D eigenvalue weighted by atomic mass is 31.2. The Morgan fingerprint density at radius 3 is 0.773 bits per heavy atom. The van der Waals surface area contributed by atoms with E-state index in [2.05, 4.69) is 0 Å². The van der Waals surface area contributed by atoms with Gasteiger partial charge in [0.2, 0.25) is 0 Å². The summed E-state index contributed by atoms with van der Waals surface area (Å²) < 4.78 is 493. The van der Waals surface area contributed by atoms with Gasteiger partial charge in [-0.3, -0.25) is 9.05 Å². The van der Waals surface area contributed by atoms with Crippen molar-refractivity contribution in [3.8, 4) is 0 Å². The summed E-state index contributed by atoms with van der Waals surface area (Å²) in [6.45, 7) is -0.671. The molecule has 0 saturated carbocycles. The number of nitrogens with zero attached hydrogens (tertiary/aromatic N) is 1. The molecule has 1 atom stereocenters. The second-order valence-electron chi connectivity index (χ2n) is 21.4. The van der Waals surface area contributed by atoms with E-state index in [-0.39, 0.29) is 65.3 Å². The molecule has 88 heavy (non-hydrogen) atoms. The Labute approximate surface area is 480 Å². The number of phosphoric acid groups is 1. The van der Waals surface area contributed by atoms with Gasteiger partial charge < -0.3 is 18.9 Å². The standard InChI is InChI=1S/C46H62F34NO6P/c1-81(2,3)24-27-86-88(82,83)87-30(28-84-25-20-16-12-8-4-6-10-14-18-22-31(47,48)33(51,52)35(55,56)37(59,60)39(63,64)41(67,68)43(71,72)45(75,76)77)29-85-26-21-17-13-9-5-7-11-15-19-23-32(49,50)34(53,54)36(57,58)38(61,62)40(65,66)42(69,70)44(73,74)46(78,79)80/h30H,4-29H2,1-3H3/p+1. The molecule has 0 rings (SSSR count). The zero-order valence-corrected chi connectivity index (χ0v) is 47.1. The van der Waals surface area contributed by atoms with Gasteiger partial charge >= 0.3 is 103 Å². The maximum atomic E-state index is 14.2. The number of alkyl halides is 34. The molecule has 7 nitrogen and oxygen atoms in total. The van der Waals surface area contributed by atoms with Crippen LogP contribution < -0.4 is 0 Å². The summed E-state index contributed by atoms with van der Waals surface area (Å²) in [5.74, 6) is -113. The highest BCUT2D eigenvalue weighted by Crippen LogP contribution is 2.66. The summed E-state index contributed by atoms with van der Waals surface area (Å²) in [5, 5.41) is 0. The number of ether oxygens (including phenoxy) is 2. The Morgan fingerprint density at radius 2 is 0.534 bits per heavy atom. The first kappa shape index (κ1) is 85.6. The van der Waals surface area contributed by atoms with Crippen molar-refractivity contribution in [2.75, 3.05) is 60.7 Å². The molecule has 0 spiro atoms. The van der Waals surface area contributed by atoms with Crippen LogP contribution >= 0.6 is 7.82 Å². The number of quaternary nitrogens is 1. The number of rotatable bonds is 46. The molecule has 0 aliphatic heterocycles. The number of unbranched alkanes of at least 4 members (excludes halogenated alkanes) is 16. The maximum Gasteiger partial charge on any atom is 0.472 e. The third-order valence-corrected chi connectivity index (χ3v) is 14.1. The predicted molar refractivity (Wildman–Crippen MR) is 239 cm³/mol. The lowest BCUT2D eigenvalue weighted by atomic mass is 9.87. The average Bonchev–Trinajstić information content (AvgIpc) is 0.759. The number of hydrogen-bond donors (Lipinski definition) is 1. The van der Waals surface area contributed by atoms with Crippen LogP contribution in [-0.2, 0) is 23.1 Å². The van der Waals surface area contributed by atoms with Gasteiger partial charge in [0.15, 0.2) is 0 Å². The topological polar surface area (TPSA) is 74.2 Å². The monoisotopic (exact) mass is 1400 g/mol. The summed E-state index contributed by atoms with van der Waals surface area (Å²) in [6, 6.07) is 0. The van der Waals surface area contributed by atoms with Crippen molar-refractivity contribution in [2.45, 2.75) is 230 Å². The fourth-order valence-electron chi connectivity index (χ4n) is 7.47. The Balaban J connectivity index is 5.01. The van der Waals surface area contributed by atoms with Crippen molar-refractivity contribution >= 4 is 7.82 Å². The molecule has 0 radical (unpaired) electrons. The lowest BCUT2D eigenvalue weighted by Crippen LogP contribution is -2.74. The SMILES string of the molecule is C[N+](C)(C)CCOP(=O)(O)OC(COCCCCCCCCCCCC(F)(F)C(F)(F)C(F)(F)C(F)(F)C(F)(F)C(F)(F)C(F)(F)C(F)(F)F)COCCCCCCCCCCCC(F)(F)C(F)(F)C(F)(F)C(F)(F)C(F)(F)C(F)(F)C(F)(F)C(F)(F)F. The molecule has 1 unspecified atom stereocenters. The third kappa shape index (κ3) is 19.6. The van der Waals surface area contributed by atoms with Crippen LogP contribution in [0.2, 0.25) is 0 Å². The van der Waals surface area contributed by atoms with Crippen LogP contribution in [0.15, 0.2) is 0 Å². The molecule has 42 heteroatoms. The Bertz CT molecular complexity index is 1990.